The second kappa shape index (κ2) is 6.11. The highest BCUT2D eigenvalue weighted by Gasteiger charge is 2.32. The number of hydrogen-bond acceptors (Lipinski definition) is 3. The number of hydrogen-bond donors (Lipinski definition) is 1. The van der Waals surface area contributed by atoms with E-state index < -0.39 is 11.7 Å². The van der Waals surface area contributed by atoms with Crippen LogP contribution >= 0.6 is 11.3 Å². The van der Waals surface area contributed by atoms with Gasteiger partial charge in [-0.15, -0.1) is 11.3 Å². The average molecular weight is 300 g/mol. The molecule has 7 heteroatoms. The van der Waals surface area contributed by atoms with Crippen molar-refractivity contribution < 1.29 is 18.3 Å². The Morgan fingerprint density at radius 3 is 2.85 bits per heavy atom. The maximum atomic E-state index is 12.4. The Bertz CT molecular complexity index is 634. The Kier molecular flexibility index (Phi) is 4.47. The SMILES string of the molecule is OCCC#Cc1csc(Cn2cc(C(F)(F)F)cn2)c1. The van der Waals surface area contributed by atoms with Crippen LogP contribution in [0.3, 0.4) is 0 Å². The van der Waals surface area contributed by atoms with Crippen molar-refractivity contribution in [3.63, 3.8) is 0 Å². The fourth-order valence-electron chi connectivity index (χ4n) is 1.51. The van der Waals surface area contributed by atoms with Crippen LogP contribution in [0.15, 0.2) is 23.8 Å². The summed E-state index contributed by atoms with van der Waals surface area (Å²) < 4.78 is 38.5. The predicted octanol–water partition coefficient (Wildman–Crippen LogP) is 2.75. The molecule has 0 saturated heterocycles. The van der Waals surface area contributed by atoms with Gasteiger partial charge in [0.05, 0.1) is 24.9 Å². The number of aromatic nitrogens is 2. The molecule has 20 heavy (non-hydrogen) atoms. The first kappa shape index (κ1) is 14.6. The summed E-state index contributed by atoms with van der Waals surface area (Å²) in [6.45, 7) is 0.292. The van der Waals surface area contributed by atoms with Crippen LogP contribution in [0.1, 0.15) is 22.4 Å². The van der Waals surface area contributed by atoms with Gasteiger partial charge in [-0.1, -0.05) is 11.8 Å². The normalized spacial score (nSPS) is 11.2. The molecule has 0 bridgehead atoms. The van der Waals surface area contributed by atoms with Crippen LogP contribution in [-0.2, 0) is 12.7 Å². The number of rotatable bonds is 3. The monoisotopic (exact) mass is 300 g/mol. The van der Waals surface area contributed by atoms with E-state index in [9.17, 15) is 13.2 Å². The summed E-state index contributed by atoms with van der Waals surface area (Å²) in [4.78, 5) is 0.870. The van der Waals surface area contributed by atoms with E-state index in [1.54, 1.807) is 0 Å². The minimum absolute atomic E-state index is 0.0114. The highest BCUT2D eigenvalue weighted by atomic mass is 32.1. The molecule has 1 N–H and O–H groups in total. The van der Waals surface area contributed by atoms with Gasteiger partial charge in [-0.2, -0.15) is 18.3 Å². The first-order chi connectivity index (χ1) is 9.49. The van der Waals surface area contributed by atoms with Crippen molar-refractivity contribution in [2.75, 3.05) is 6.61 Å². The summed E-state index contributed by atoms with van der Waals surface area (Å²) in [7, 11) is 0. The van der Waals surface area contributed by atoms with Crippen molar-refractivity contribution in [1.29, 1.82) is 0 Å². The largest absolute Gasteiger partial charge is 0.419 e. The molecule has 2 heterocycles. The fraction of sp³-hybridized carbons (Fsp3) is 0.308. The zero-order valence-electron chi connectivity index (χ0n) is 10.3. The van der Waals surface area contributed by atoms with E-state index >= 15 is 0 Å². The van der Waals surface area contributed by atoms with Gasteiger partial charge >= 0.3 is 6.18 Å². The molecule has 0 aromatic carbocycles. The lowest BCUT2D eigenvalue weighted by Crippen LogP contribution is -2.03. The van der Waals surface area contributed by atoms with E-state index in [0.29, 0.717) is 6.42 Å². The number of halogens is 3. The van der Waals surface area contributed by atoms with Crippen molar-refractivity contribution in [2.24, 2.45) is 0 Å². The molecule has 0 radical (unpaired) electrons. The number of nitrogens with zero attached hydrogens (tertiary/aromatic N) is 2. The quantitative estimate of drug-likeness (QED) is 0.885. The molecule has 0 atom stereocenters. The predicted molar refractivity (Wildman–Crippen MR) is 69.2 cm³/mol. The zero-order valence-corrected chi connectivity index (χ0v) is 11.1. The van der Waals surface area contributed by atoms with Crippen molar-refractivity contribution >= 4 is 11.3 Å². The van der Waals surface area contributed by atoms with Gasteiger partial charge < -0.3 is 5.11 Å². The van der Waals surface area contributed by atoms with Gasteiger partial charge in [-0.3, -0.25) is 4.68 Å². The molecule has 0 saturated carbocycles. The third-order valence-corrected chi connectivity index (χ3v) is 3.32. The smallest absolute Gasteiger partial charge is 0.395 e. The molecule has 0 unspecified atom stereocenters. The zero-order chi connectivity index (χ0) is 14.6. The fourth-order valence-corrected chi connectivity index (χ4v) is 2.31. The van der Waals surface area contributed by atoms with Gasteiger partial charge in [0.25, 0.3) is 0 Å². The molecule has 2 aromatic rings. The number of alkyl halides is 3. The molecule has 2 aromatic heterocycles. The Hall–Kier alpha value is -1.78. The van der Waals surface area contributed by atoms with Gasteiger partial charge in [0.2, 0.25) is 0 Å². The first-order valence-electron chi connectivity index (χ1n) is 5.76. The molecule has 0 aliphatic carbocycles. The summed E-state index contributed by atoms with van der Waals surface area (Å²) in [5.74, 6) is 5.66. The van der Waals surface area contributed by atoms with E-state index in [4.69, 9.17) is 5.11 Å². The highest BCUT2D eigenvalue weighted by Crippen LogP contribution is 2.28. The van der Waals surface area contributed by atoms with E-state index in [1.165, 1.54) is 16.0 Å². The van der Waals surface area contributed by atoms with Crippen molar-refractivity contribution in [3.8, 4) is 11.8 Å². The maximum Gasteiger partial charge on any atom is 0.419 e. The lowest BCUT2D eigenvalue weighted by Gasteiger charge is -2.01. The van der Waals surface area contributed by atoms with Crippen molar-refractivity contribution in [1.82, 2.24) is 9.78 Å². The van der Waals surface area contributed by atoms with E-state index in [-0.39, 0.29) is 13.2 Å². The summed E-state index contributed by atoms with van der Waals surface area (Å²) in [5.41, 5.74) is 0.0404. The summed E-state index contributed by atoms with van der Waals surface area (Å²) in [6, 6.07) is 1.81. The summed E-state index contributed by atoms with van der Waals surface area (Å²) >= 11 is 1.41. The molecule has 3 nitrogen and oxygen atoms in total. The second-order valence-corrected chi connectivity index (χ2v) is 5.00. The maximum absolute atomic E-state index is 12.4. The first-order valence-corrected chi connectivity index (χ1v) is 6.64. The van der Waals surface area contributed by atoms with Crippen LogP contribution in [0.2, 0.25) is 0 Å². The Labute approximate surface area is 117 Å². The topological polar surface area (TPSA) is 38.0 Å². The minimum Gasteiger partial charge on any atom is -0.395 e. The lowest BCUT2D eigenvalue weighted by molar-refractivity contribution is -0.137. The third-order valence-electron chi connectivity index (χ3n) is 2.40. The van der Waals surface area contributed by atoms with Gasteiger partial charge in [0, 0.05) is 28.4 Å². The standard InChI is InChI=1S/C13H11F3N2OS/c14-13(15,16)11-6-17-18(7-11)8-12-5-10(9-20-12)3-1-2-4-19/h5-7,9,19H,2,4,8H2. The van der Waals surface area contributed by atoms with Crippen LogP contribution in [0.5, 0.6) is 0 Å². The molecule has 0 fully saturated rings. The van der Waals surface area contributed by atoms with Crippen LogP contribution < -0.4 is 0 Å². The molecule has 0 amide bonds. The van der Waals surface area contributed by atoms with Crippen LogP contribution in [0.4, 0.5) is 13.2 Å². The Balaban J connectivity index is 2.04. The van der Waals surface area contributed by atoms with Crippen LogP contribution in [0.25, 0.3) is 0 Å². The molecule has 2 rings (SSSR count). The van der Waals surface area contributed by atoms with Gasteiger partial charge in [0.15, 0.2) is 0 Å². The Morgan fingerprint density at radius 1 is 1.40 bits per heavy atom. The summed E-state index contributed by atoms with van der Waals surface area (Å²) in [5, 5.41) is 14.1. The number of aliphatic hydroxyl groups is 1. The van der Waals surface area contributed by atoms with E-state index in [0.717, 1.165) is 22.8 Å². The van der Waals surface area contributed by atoms with Crippen LogP contribution in [0, 0.1) is 11.8 Å². The minimum atomic E-state index is -4.37. The number of aliphatic hydroxyl groups excluding tert-OH is 1. The molecule has 0 spiro atoms. The molecule has 106 valence electrons. The molecule has 0 aliphatic rings. The van der Waals surface area contributed by atoms with Gasteiger partial charge in [-0.25, -0.2) is 0 Å². The molecular formula is C13H11F3N2OS. The number of thiophene rings is 1. The van der Waals surface area contributed by atoms with E-state index in [1.807, 2.05) is 11.4 Å². The lowest BCUT2D eigenvalue weighted by atomic mass is 10.3. The van der Waals surface area contributed by atoms with Gasteiger partial charge in [-0.05, 0) is 6.07 Å². The molecule has 0 aliphatic heterocycles. The van der Waals surface area contributed by atoms with Gasteiger partial charge in [0.1, 0.15) is 0 Å². The van der Waals surface area contributed by atoms with Crippen LogP contribution in [-0.4, -0.2) is 21.5 Å². The summed E-state index contributed by atoms with van der Waals surface area (Å²) in [6.07, 6.45) is -2.17. The van der Waals surface area contributed by atoms with Crippen molar-refractivity contribution in [2.45, 2.75) is 19.1 Å². The van der Waals surface area contributed by atoms with E-state index in [2.05, 4.69) is 16.9 Å². The second-order valence-electron chi connectivity index (χ2n) is 4.00. The Morgan fingerprint density at radius 2 is 2.20 bits per heavy atom. The highest BCUT2D eigenvalue weighted by molar-refractivity contribution is 7.10. The average Bonchev–Trinajstić information content (AvgIpc) is 2.99. The third kappa shape index (κ3) is 3.85. The molecular weight excluding hydrogens is 289 g/mol. The van der Waals surface area contributed by atoms with Crippen molar-refractivity contribution in [3.05, 3.63) is 39.8 Å².